The third kappa shape index (κ3) is 4.88. The molecule has 2 aromatic rings. The SMILES string of the molecule is COc1cc(NC(=S)Nc2c(C(C)C)cccc2C(C)C)cc(OC)c1. The van der Waals surface area contributed by atoms with Crippen molar-refractivity contribution in [3.05, 3.63) is 47.5 Å². The van der Waals surface area contributed by atoms with Crippen LogP contribution in [-0.2, 0) is 0 Å². The van der Waals surface area contributed by atoms with Crippen LogP contribution in [0.1, 0.15) is 50.7 Å². The molecule has 0 aliphatic heterocycles. The van der Waals surface area contributed by atoms with Gasteiger partial charge in [0.25, 0.3) is 0 Å². The van der Waals surface area contributed by atoms with Crippen molar-refractivity contribution < 1.29 is 9.47 Å². The molecule has 5 heteroatoms. The van der Waals surface area contributed by atoms with Gasteiger partial charge >= 0.3 is 0 Å². The lowest BCUT2D eigenvalue weighted by atomic mass is 9.93. The third-order valence-corrected chi connectivity index (χ3v) is 4.42. The number of thiocarbonyl (C=S) groups is 1. The Morgan fingerprint density at radius 3 is 1.77 bits per heavy atom. The van der Waals surface area contributed by atoms with Crippen molar-refractivity contribution in [2.24, 2.45) is 0 Å². The molecule has 0 fully saturated rings. The monoisotopic (exact) mass is 372 g/mol. The summed E-state index contributed by atoms with van der Waals surface area (Å²) in [5, 5.41) is 7.17. The molecule has 0 spiro atoms. The molecule has 2 aromatic carbocycles. The van der Waals surface area contributed by atoms with Gasteiger partial charge in [-0.25, -0.2) is 0 Å². The first kappa shape index (κ1) is 20.0. The van der Waals surface area contributed by atoms with Crippen LogP contribution >= 0.6 is 12.2 Å². The summed E-state index contributed by atoms with van der Waals surface area (Å²) in [6.07, 6.45) is 0. The highest BCUT2D eigenvalue weighted by molar-refractivity contribution is 7.80. The van der Waals surface area contributed by atoms with Crippen LogP contribution in [0, 0.1) is 0 Å². The molecule has 2 rings (SSSR count). The van der Waals surface area contributed by atoms with Crippen LogP contribution in [-0.4, -0.2) is 19.3 Å². The number of hydrogen-bond acceptors (Lipinski definition) is 3. The van der Waals surface area contributed by atoms with Gasteiger partial charge in [0.1, 0.15) is 11.5 Å². The minimum absolute atomic E-state index is 0.399. The molecule has 0 radical (unpaired) electrons. The van der Waals surface area contributed by atoms with E-state index in [-0.39, 0.29) is 0 Å². The fraction of sp³-hybridized carbons (Fsp3) is 0.381. The second kappa shape index (κ2) is 8.90. The number of ether oxygens (including phenoxy) is 2. The largest absolute Gasteiger partial charge is 0.497 e. The van der Waals surface area contributed by atoms with E-state index in [9.17, 15) is 0 Å². The molecule has 4 nitrogen and oxygen atoms in total. The molecule has 0 atom stereocenters. The Bertz CT molecular complexity index is 724. The number of rotatable bonds is 6. The maximum absolute atomic E-state index is 5.57. The number of nitrogens with one attached hydrogen (secondary N) is 2. The summed E-state index contributed by atoms with van der Waals surface area (Å²) in [7, 11) is 3.26. The van der Waals surface area contributed by atoms with Gasteiger partial charge in [0.2, 0.25) is 0 Å². The van der Waals surface area contributed by atoms with Gasteiger partial charge in [-0.05, 0) is 35.2 Å². The number of hydrogen-bond donors (Lipinski definition) is 2. The summed E-state index contributed by atoms with van der Waals surface area (Å²) in [5.41, 5.74) is 4.41. The summed E-state index contributed by atoms with van der Waals surface area (Å²) in [5.74, 6) is 2.21. The van der Waals surface area contributed by atoms with E-state index in [0.717, 1.165) is 11.4 Å². The van der Waals surface area contributed by atoms with Gasteiger partial charge in [-0.3, -0.25) is 0 Å². The lowest BCUT2D eigenvalue weighted by Gasteiger charge is -2.21. The van der Waals surface area contributed by atoms with Gasteiger partial charge in [-0.1, -0.05) is 45.9 Å². The Balaban J connectivity index is 2.28. The maximum atomic E-state index is 5.57. The highest BCUT2D eigenvalue weighted by Crippen LogP contribution is 2.33. The van der Waals surface area contributed by atoms with Gasteiger partial charge in [-0.15, -0.1) is 0 Å². The number of anilines is 2. The maximum Gasteiger partial charge on any atom is 0.175 e. The van der Waals surface area contributed by atoms with Crippen LogP contribution in [0.5, 0.6) is 11.5 Å². The minimum Gasteiger partial charge on any atom is -0.497 e. The summed E-state index contributed by atoms with van der Waals surface area (Å²) >= 11 is 5.57. The molecular weight excluding hydrogens is 344 g/mol. The Labute approximate surface area is 161 Å². The summed E-state index contributed by atoms with van der Waals surface area (Å²) < 4.78 is 10.6. The Kier molecular flexibility index (Phi) is 6.86. The molecule has 0 aliphatic rings. The van der Waals surface area contributed by atoms with E-state index in [4.69, 9.17) is 21.7 Å². The Hall–Kier alpha value is -2.27. The summed E-state index contributed by atoms with van der Waals surface area (Å²) in [4.78, 5) is 0. The fourth-order valence-corrected chi connectivity index (χ4v) is 3.07. The van der Waals surface area contributed by atoms with Crippen LogP contribution in [0.25, 0.3) is 0 Å². The van der Waals surface area contributed by atoms with Crippen molar-refractivity contribution in [1.82, 2.24) is 0 Å². The molecule has 2 N–H and O–H groups in total. The summed E-state index contributed by atoms with van der Waals surface area (Å²) in [6, 6.07) is 12.0. The van der Waals surface area contributed by atoms with E-state index in [1.165, 1.54) is 11.1 Å². The van der Waals surface area contributed by atoms with Crippen molar-refractivity contribution in [3.8, 4) is 11.5 Å². The molecule has 0 bridgehead atoms. The Morgan fingerprint density at radius 2 is 1.35 bits per heavy atom. The zero-order valence-corrected chi connectivity index (χ0v) is 17.2. The van der Waals surface area contributed by atoms with Gasteiger partial charge in [-0.2, -0.15) is 0 Å². The van der Waals surface area contributed by atoms with Gasteiger partial charge in [0.05, 0.1) is 14.2 Å². The van der Waals surface area contributed by atoms with E-state index in [1.54, 1.807) is 14.2 Å². The van der Waals surface area contributed by atoms with E-state index in [2.05, 4.69) is 56.5 Å². The molecule has 0 saturated carbocycles. The fourth-order valence-electron chi connectivity index (χ4n) is 2.85. The van der Waals surface area contributed by atoms with Gasteiger partial charge < -0.3 is 20.1 Å². The van der Waals surface area contributed by atoms with Gasteiger partial charge in [0, 0.05) is 29.6 Å². The quantitative estimate of drug-likeness (QED) is 0.631. The predicted octanol–water partition coefficient (Wildman–Crippen LogP) is 5.76. The van der Waals surface area contributed by atoms with E-state index >= 15 is 0 Å². The molecule has 0 aromatic heterocycles. The van der Waals surface area contributed by atoms with Crippen LogP contribution in [0.3, 0.4) is 0 Å². The zero-order chi connectivity index (χ0) is 19.3. The molecule has 26 heavy (non-hydrogen) atoms. The zero-order valence-electron chi connectivity index (χ0n) is 16.3. The van der Waals surface area contributed by atoms with Crippen molar-refractivity contribution in [2.45, 2.75) is 39.5 Å². The van der Waals surface area contributed by atoms with Crippen LogP contribution in [0.4, 0.5) is 11.4 Å². The van der Waals surface area contributed by atoms with Crippen molar-refractivity contribution in [3.63, 3.8) is 0 Å². The standard InChI is InChI=1S/C21H28N2O2S/c1-13(2)18-8-7-9-19(14(3)4)20(18)23-21(26)22-15-10-16(24-5)12-17(11-15)25-6/h7-14H,1-6H3,(H2,22,23,26). The van der Waals surface area contributed by atoms with E-state index in [1.807, 2.05) is 18.2 Å². The lowest BCUT2D eigenvalue weighted by molar-refractivity contribution is 0.395. The molecule has 0 unspecified atom stereocenters. The first-order valence-electron chi connectivity index (χ1n) is 8.79. The smallest absolute Gasteiger partial charge is 0.175 e. The molecule has 0 heterocycles. The molecule has 0 saturated heterocycles. The first-order chi connectivity index (χ1) is 12.3. The molecular formula is C21H28N2O2S. The Morgan fingerprint density at radius 1 is 0.846 bits per heavy atom. The van der Waals surface area contributed by atoms with Gasteiger partial charge in [0.15, 0.2) is 5.11 Å². The van der Waals surface area contributed by atoms with Crippen molar-refractivity contribution in [2.75, 3.05) is 24.9 Å². The third-order valence-electron chi connectivity index (χ3n) is 4.22. The number of para-hydroxylation sites is 1. The predicted molar refractivity (Wildman–Crippen MR) is 114 cm³/mol. The normalized spacial score (nSPS) is 10.8. The topological polar surface area (TPSA) is 42.5 Å². The van der Waals surface area contributed by atoms with Crippen molar-refractivity contribution >= 4 is 28.7 Å². The summed E-state index contributed by atoms with van der Waals surface area (Å²) in [6.45, 7) is 8.75. The molecule has 140 valence electrons. The molecule has 0 aliphatic carbocycles. The lowest BCUT2D eigenvalue weighted by Crippen LogP contribution is -2.21. The van der Waals surface area contributed by atoms with E-state index in [0.29, 0.717) is 28.4 Å². The van der Waals surface area contributed by atoms with Crippen LogP contribution in [0.15, 0.2) is 36.4 Å². The van der Waals surface area contributed by atoms with Crippen LogP contribution in [0.2, 0.25) is 0 Å². The second-order valence-electron chi connectivity index (χ2n) is 6.80. The van der Waals surface area contributed by atoms with Crippen LogP contribution < -0.4 is 20.1 Å². The average molecular weight is 373 g/mol. The minimum atomic E-state index is 0.399. The average Bonchev–Trinajstić information content (AvgIpc) is 2.60. The van der Waals surface area contributed by atoms with Crippen molar-refractivity contribution in [1.29, 1.82) is 0 Å². The number of methoxy groups -OCH3 is 2. The second-order valence-corrected chi connectivity index (χ2v) is 7.21. The highest BCUT2D eigenvalue weighted by Gasteiger charge is 2.15. The number of benzene rings is 2. The van der Waals surface area contributed by atoms with E-state index < -0.39 is 0 Å². The first-order valence-corrected chi connectivity index (χ1v) is 9.20. The molecule has 0 amide bonds. The highest BCUT2D eigenvalue weighted by atomic mass is 32.1.